The molecule has 2 atom stereocenters. The number of hydrogen-bond acceptors (Lipinski definition) is 6. The fraction of sp³-hybridized carbons (Fsp3) is 0.385. The topological polar surface area (TPSA) is 147 Å². The first-order chi connectivity index (χ1) is 11.2. The Kier molecular flexibility index (Phi) is 3.76. The Labute approximate surface area is 137 Å². The van der Waals surface area contributed by atoms with Crippen molar-refractivity contribution in [3.63, 3.8) is 0 Å². The van der Waals surface area contributed by atoms with Crippen LogP contribution in [0.15, 0.2) is 18.2 Å². The highest BCUT2D eigenvalue weighted by Gasteiger charge is 2.59. The van der Waals surface area contributed by atoms with Crippen molar-refractivity contribution in [1.82, 2.24) is 14.5 Å². The minimum absolute atomic E-state index is 0.0523. The van der Waals surface area contributed by atoms with E-state index in [0.717, 1.165) is 0 Å². The normalized spacial score (nSPS) is 23.0. The van der Waals surface area contributed by atoms with Crippen LogP contribution in [0.25, 0.3) is 0 Å². The molecule has 0 unspecified atom stereocenters. The summed E-state index contributed by atoms with van der Waals surface area (Å²) in [6.07, 6.45) is 0.254. The molecule has 2 heterocycles. The summed E-state index contributed by atoms with van der Waals surface area (Å²) in [4.78, 5) is 25.3. The van der Waals surface area contributed by atoms with Gasteiger partial charge in [-0.3, -0.25) is 9.35 Å². The molecular formula is C13H15N3O7S. The van der Waals surface area contributed by atoms with E-state index in [1.54, 1.807) is 0 Å². The van der Waals surface area contributed by atoms with E-state index in [4.69, 9.17) is 4.55 Å². The van der Waals surface area contributed by atoms with Gasteiger partial charge in [0.2, 0.25) is 0 Å². The molecule has 0 bridgehead atoms. The summed E-state index contributed by atoms with van der Waals surface area (Å²) in [5, 5.41) is 21.2. The van der Waals surface area contributed by atoms with Crippen LogP contribution in [0.4, 0.5) is 4.79 Å². The number of likely N-dealkylation sites (tertiary alicyclic amines) is 1. The predicted molar refractivity (Wildman–Crippen MR) is 79.3 cm³/mol. The van der Waals surface area contributed by atoms with Crippen molar-refractivity contribution in [2.75, 3.05) is 6.54 Å². The van der Waals surface area contributed by atoms with Crippen molar-refractivity contribution in [2.45, 2.75) is 25.0 Å². The van der Waals surface area contributed by atoms with Crippen LogP contribution in [-0.4, -0.2) is 63.0 Å². The molecule has 24 heavy (non-hydrogen) atoms. The number of phenolic OH excluding ortho intramolecular Hbond substituents is 2. The summed E-state index contributed by atoms with van der Waals surface area (Å²) in [6.45, 7) is 0.233. The fourth-order valence-electron chi connectivity index (χ4n) is 3.00. The second-order valence-corrected chi connectivity index (χ2v) is 6.88. The molecule has 0 saturated carbocycles. The van der Waals surface area contributed by atoms with E-state index in [1.807, 2.05) is 0 Å². The van der Waals surface area contributed by atoms with E-state index in [1.165, 1.54) is 23.1 Å². The highest BCUT2D eigenvalue weighted by Crippen LogP contribution is 2.35. The largest absolute Gasteiger partial charge is 0.504 e. The molecule has 2 fully saturated rings. The van der Waals surface area contributed by atoms with Crippen LogP contribution in [0, 0.1) is 0 Å². The number of rotatable bonds is 3. The monoisotopic (exact) mass is 357 g/mol. The summed E-state index contributed by atoms with van der Waals surface area (Å²) in [5.41, 5.74) is 0.536. The van der Waals surface area contributed by atoms with Gasteiger partial charge in [0, 0.05) is 13.1 Å². The third-order valence-electron chi connectivity index (χ3n) is 4.13. The SMILES string of the molecule is O=C(NCc1ccc(O)c(O)c1)N1CC[C@@H]2[C@H]1C(=O)N2S(=O)(=O)O. The first-order valence-electron chi connectivity index (χ1n) is 7.06. The van der Waals surface area contributed by atoms with Crippen molar-refractivity contribution >= 4 is 22.2 Å². The van der Waals surface area contributed by atoms with E-state index < -0.39 is 34.3 Å². The Hall–Kier alpha value is -2.53. The van der Waals surface area contributed by atoms with Crippen LogP contribution in [-0.2, 0) is 21.6 Å². The summed E-state index contributed by atoms with van der Waals surface area (Å²) in [6, 6.07) is 1.88. The van der Waals surface area contributed by atoms with Crippen LogP contribution >= 0.6 is 0 Å². The zero-order chi connectivity index (χ0) is 17.6. The second-order valence-electron chi connectivity index (χ2n) is 5.59. The maximum atomic E-state index is 12.2. The number of fused-ring (bicyclic) bond motifs is 1. The smallest absolute Gasteiger partial charge is 0.362 e. The number of nitrogens with zero attached hydrogens (tertiary/aromatic N) is 2. The Morgan fingerprint density at radius 1 is 1.29 bits per heavy atom. The molecule has 4 N–H and O–H groups in total. The van der Waals surface area contributed by atoms with Gasteiger partial charge in [-0.25, -0.2) is 9.10 Å². The number of urea groups is 1. The third kappa shape index (κ3) is 2.61. The Bertz CT molecular complexity index is 810. The second kappa shape index (κ2) is 5.53. The van der Waals surface area contributed by atoms with E-state index in [2.05, 4.69) is 5.32 Å². The minimum Gasteiger partial charge on any atom is -0.504 e. The molecule has 1 aromatic rings. The summed E-state index contributed by atoms with van der Waals surface area (Å²) >= 11 is 0. The minimum atomic E-state index is -4.61. The number of β-lactam (4-membered cyclic amide) rings is 1. The first kappa shape index (κ1) is 16.3. The molecule has 1 aromatic carbocycles. The van der Waals surface area contributed by atoms with Gasteiger partial charge in [0.05, 0.1) is 6.04 Å². The maximum Gasteiger partial charge on any atom is 0.362 e. The van der Waals surface area contributed by atoms with Gasteiger partial charge in [-0.1, -0.05) is 6.07 Å². The van der Waals surface area contributed by atoms with Gasteiger partial charge < -0.3 is 20.4 Å². The van der Waals surface area contributed by atoms with Crippen molar-refractivity contribution < 1.29 is 32.8 Å². The standard InChI is InChI=1S/C13H15N3O7S/c17-9-2-1-7(5-10(9)18)6-14-13(20)15-4-3-8-11(15)12(19)16(8)24(21,22)23/h1-2,5,8,11,17-18H,3-4,6H2,(H,14,20)(H,21,22,23)/t8-,11+/m1/s1. The number of phenols is 2. The van der Waals surface area contributed by atoms with Gasteiger partial charge in [0.1, 0.15) is 6.04 Å². The quantitative estimate of drug-likeness (QED) is 0.321. The van der Waals surface area contributed by atoms with Gasteiger partial charge in [0.25, 0.3) is 5.91 Å². The number of amides is 3. The van der Waals surface area contributed by atoms with Crippen molar-refractivity contribution in [2.24, 2.45) is 0 Å². The van der Waals surface area contributed by atoms with E-state index in [0.29, 0.717) is 9.87 Å². The van der Waals surface area contributed by atoms with Crippen molar-refractivity contribution in [1.29, 1.82) is 0 Å². The summed E-state index contributed by atoms with van der Waals surface area (Å²) in [7, 11) is -4.61. The van der Waals surface area contributed by atoms with Gasteiger partial charge >= 0.3 is 16.3 Å². The molecule has 10 nitrogen and oxygen atoms in total. The van der Waals surface area contributed by atoms with E-state index in [-0.39, 0.29) is 31.0 Å². The molecule has 0 spiro atoms. The van der Waals surface area contributed by atoms with Gasteiger partial charge in [-0.2, -0.15) is 8.42 Å². The molecule has 130 valence electrons. The molecule has 3 rings (SSSR count). The first-order valence-corrected chi connectivity index (χ1v) is 8.46. The Morgan fingerprint density at radius 2 is 2.00 bits per heavy atom. The van der Waals surface area contributed by atoms with Gasteiger partial charge in [-0.05, 0) is 24.1 Å². The molecule has 2 saturated heterocycles. The fourth-order valence-corrected chi connectivity index (χ4v) is 3.90. The number of carbonyl (C=O) groups is 2. The lowest BCUT2D eigenvalue weighted by Gasteiger charge is -2.42. The van der Waals surface area contributed by atoms with Gasteiger partial charge in [-0.15, -0.1) is 0 Å². The third-order valence-corrected chi connectivity index (χ3v) is 5.08. The van der Waals surface area contributed by atoms with Crippen LogP contribution in [0.1, 0.15) is 12.0 Å². The summed E-state index contributed by atoms with van der Waals surface area (Å²) < 4.78 is 31.6. The maximum absolute atomic E-state index is 12.2. The average molecular weight is 357 g/mol. The zero-order valence-corrected chi connectivity index (χ0v) is 13.1. The molecule has 0 radical (unpaired) electrons. The molecule has 0 aliphatic carbocycles. The highest BCUT2D eigenvalue weighted by atomic mass is 32.2. The zero-order valence-electron chi connectivity index (χ0n) is 12.3. The van der Waals surface area contributed by atoms with Crippen LogP contribution in [0.2, 0.25) is 0 Å². The number of aromatic hydroxyl groups is 2. The number of benzene rings is 1. The molecule has 2 aliphatic rings. The lowest BCUT2D eigenvalue weighted by molar-refractivity contribution is -0.143. The molecule has 0 aromatic heterocycles. The van der Waals surface area contributed by atoms with E-state index >= 15 is 0 Å². The Morgan fingerprint density at radius 3 is 2.62 bits per heavy atom. The van der Waals surface area contributed by atoms with Crippen LogP contribution in [0.5, 0.6) is 11.5 Å². The summed E-state index contributed by atoms with van der Waals surface area (Å²) in [5.74, 6) is -1.43. The highest BCUT2D eigenvalue weighted by molar-refractivity contribution is 7.84. The van der Waals surface area contributed by atoms with Crippen molar-refractivity contribution in [3.05, 3.63) is 23.8 Å². The van der Waals surface area contributed by atoms with Gasteiger partial charge in [0.15, 0.2) is 11.5 Å². The lowest BCUT2D eigenvalue weighted by atomic mass is 10.0. The number of carbonyl (C=O) groups excluding carboxylic acids is 2. The Balaban J connectivity index is 1.63. The van der Waals surface area contributed by atoms with Crippen LogP contribution in [0.3, 0.4) is 0 Å². The molecule has 11 heteroatoms. The van der Waals surface area contributed by atoms with Crippen LogP contribution < -0.4 is 5.32 Å². The number of hydrogen-bond donors (Lipinski definition) is 4. The van der Waals surface area contributed by atoms with Crippen molar-refractivity contribution in [3.8, 4) is 11.5 Å². The molecule has 3 amide bonds. The molecular weight excluding hydrogens is 342 g/mol. The molecule has 2 aliphatic heterocycles. The van der Waals surface area contributed by atoms with E-state index in [9.17, 15) is 28.2 Å². The average Bonchev–Trinajstić information content (AvgIpc) is 2.85. The predicted octanol–water partition coefficient (Wildman–Crippen LogP) is -0.605. The number of nitrogens with one attached hydrogen (secondary N) is 1. The lowest BCUT2D eigenvalue weighted by Crippen LogP contribution is -2.68.